The van der Waals surface area contributed by atoms with E-state index in [-0.39, 0.29) is 11.9 Å². The molecule has 6 nitrogen and oxygen atoms in total. The highest BCUT2D eigenvalue weighted by Gasteiger charge is 2.23. The van der Waals surface area contributed by atoms with E-state index < -0.39 is 6.04 Å². The van der Waals surface area contributed by atoms with E-state index in [1.165, 1.54) is 0 Å². The summed E-state index contributed by atoms with van der Waals surface area (Å²) in [5, 5.41) is 19.6. The number of hydrogen-bond donors (Lipinski definition) is 2. The highest BCUT2D eigenvalue weighted by atomic mass is 16.2. The SMILES string of the molecule is Cn1nccc1-c1ccc(C[C@@H](C#N)NC(=O)C2CCCCN2)cc1. The predicted molar refractivity (Wildman–Crippen MR) is 95.5 cm³/mol. The molecule has 130 valence electrons. The number of benzene rings is 1. The number of nitriles is 1. The first-order valence-electron chi connectivity index (χ1n) is 8.68. The standard InChI is InChI=1S/C19H23N5O/c1-24-18(9-11-22-24)15-7-5-14(6-8-15)12-16(13-20)23-19(25)17-4-2-3-10-21-17/h5-9,11,16-17,21H,2-4,10,12H2,1H3,(H,23,25)/t16-,17?/m0/s1. The number of rotatable bonds is 5. The van der Waals surface area contributed by atoms with Crippen molar-refractivity contribution in [1.82, 2.24) is 20.4 Å². The topological polar surface area (TPSA) is 82.7 Å². The van der Waals surface area contributed by atoms with Crippen LogP contribution in [0.15, 0.2) is 36.5 Å². The molecule has 1 aromatic carbocycles. The molecule has 2 atom stereocenters. The van der Waals surface area contributed by atoms with Crippen molar-refractivity contribution < 1.29 is 4.79 Å². The summed E-state index contributed by atoms with van der Waals surface area (Å²) in [6.07, 6.45) is 5.26. The Morgan fingerprint density at radius 1 is 1.40 bits per heavy atom. The molecule has 0 spiro atoms. The van der Waals surface area contributed by atoms with Crippen molar-refractivity contribution in [3.05, 3.63) is 42.1 Å². The summed E-state index contributed by atoms with van der Waals surface area (Å²) in [5.74, 6) is -0.0715. The van der Waals surface area contributed by atoms with Gasteiger partial charge < -0.3 is 10.6 Å². The fraction of sp³-hybridized carbons (Fsp3) is 0.421. The van der Waals surface area contributed by atoms with Crippen LogP contribution in [0.25, 0.3) is 11.3 Å². The zero-order chi connectivity index (χ0) is 17.6. The average molecular weight is 337 g/mol. The maximum Gasteiger partial charge on any atom is 0.238 e. The summed E-state index contributed by atoms with van der Waals surface area (Å²) in [7, 11) is 1.91. The van der Waals surface area contributed by atoms with E-state index in [1.807, 2.05) is 42.1 Å². The van der Waals surface area contributed by atoms with Crippen molar-refractivity contribution in [3.8, 4) is 17.3 Å². The largest absolute Gasteiger partial charge is 0.339 e. The van der Waals surface area contributed by atoms with Crippen molar-refractivity contribution >= 4 is 5.91 Å². The van der Waals surface area contributed by atoms with E-state index in [1.54, 1.807) is 6.20 Å². The molecule has 1 aromatic heterocycles. The van der Waals surface area contributed by atoms with Gasteiger partial charge in [0.2, 0.25) is 5.91 Å². The first-order chi connectivity index (χ1) is 12.2. The number of aromatic nitrogens is 2. The van der Waals surface area contributed by atoms with Crippen LogP contribution in [-0.4, -0.2) is 34.3 Å². The minimum atomic E-state index is -0.515. The van der Waals surface area contributed by atoms with Gasteiger partial charge in [0.15, 0.2) is 0 Å². The van der Waals surface area contributed by atoms with Crippen LogP contribution in [0.1, 0.15) is 24.8 Å². The van der Waals surface area contributed by atoms with Crippen LogP contribution in [0, 0.1) is 11.3 Å². The van der Waals surface area contributed by atoms with E-state index in [0.29, 0.717) is 6.42 Å². The lowest BCUT2D eigenvalue weighted by Crippen LogP contribution is -2.49. The molecule has 2 aromatic rings. The second-order valence-electron chi connectivity index (χ2n) is 6.43. The highest BCUT2D eigenvalue weighted by molar-refractivity contribution is 5.82. The van der Waals surface area contributed by atoms with Crippen LogP contribution >= 0.6 is 0 Å². The molecular weight excluding hydrogens is 314 g/mol. The van der Waals surface area contributed by atoms with Crippen molar-refractivity contribution in [3.63, 3.8) is 0 Å². The summed E-state index contributed by atoms with van der Waals surface area (Å²) in [5.41, 5.74) is 3.14. The number of nitrogens with one attached hydrogen (secondary N) is 2. The quantitative estimate of drug-likeness (QED) is 0.871. The Bertz CT molecular complexity index is 753. The van der Waals surface area contributed by atoms with E-state index in [4.69, 9.17) is 0 Å². The van der Waals surface area contributed by atoms with Crippen LogP contribution in [0.4, 0.5) is 0 Å². The summed E-state index contributed by atoms with van der Waals surface area (Å²) < 4.78 is 1.82. The van der Waals surface area contributed by atoms with Gasteiger partial charge in [-0.15, -0.1) is 0 Å². The monoisotopic (exact) mass is 337 g/mol. The molecule has 1 aliphatic rings. The molecule has 1 unspecified atom stereocenters. The summed E-state index contributed by atoms with van der Waals surface area (Å²) in [4.78, 5) is 12.3. The number of aryl methyl sites for hydroxylation is 1. The fourth-order valence-corrected chi connectivity index (χ4v) is 3.18. The maximum absolute atomic E-state index is 12.3. The number of hydrogen-bond acceptors (Lipinski definition) is 4. The van der Waals surface area contributed by atoms with Crippen molar-refractivity contribution in [2.75, 3.05) is 6.54 Å². The van der Waals surface area contributed by atoms with Gasteiger partial charge >= 0.3 is 0 Å². The van der Waals surface area contributed by atoms with Crippen molar-refractivity contribution in [2.24, 2.45) is 7.05 Å². The summed E-state index contributed by atoms with van der Waals surface area (Å²) >= 11 is 0. The van der Waals surface area contributed by atoms with Crippen molar-refractivity contribution in [1.29, 1.82) is 5.26 Å². The zero-order valence-corrected chi connectivity index (χ0v) is 14.4. The molecule has 1 saturated heterocycles. The van der Waals surface area contributed by atoms with Gasteiger partial charge in [0, 0.05) is 19.7 Å². The average Bonchev–Trinajstić information content (AvgIpc) is 3.08. The van der Waals surface area contributed by atoms with Crippen LogP contribution in [0.5, 0.6) is 0 Å². The molecule has 25 heavy (non-hydrogen) atoms. The van der Waals surface area contributed by atoms with E-state index >= 15 is 0 Å². The lowest BCUT2D eigenvalue weighted by atomic mass is 10.0. The Morgan fingerprint density at radius 3 is 2.80 bits per heavy atom. The molecule has 2 N–H and O–H groups in total. The molecule has 6 heteroatoms. The molecule has 0 saturated carbocycles. The van der Waals surface area contributed by atoms with E-state index in [2.05, 4.69) is 21.8 Å². The smallest absolute Gasteiger partial charge is 0.238 e. The number of amides is 1. The summed E-state index contributed by atoms with van der Waals surface area (Å²) in [6, 6.07) is 11.5. The third-order valence-corrected chi connectivity index (χ3v) is 4.61. The van der Waals surface area contributed by atoms with Gasteiger partial charge in [0.05, 0.1) is 17.8 Å². The van der Waals surface area contributed by atoms with Gasteiger partial charge in [-0.3, -0.25) is 9.48 Å². The number of nitrogens with zero attached hydrogens (tertiary/aromatic N) is 3. The predicted octanol–water partition coefficient (Wildman–Crippen LogP) is 1.78. The van der Waals surface area contributed by atoms with Gasteiger partial charge in [0.1, 0.15) is 6.04 Å². The molecular formula is C19H23N5O. The summed E-state index contributed by atoms with van der Waals surface area (Å²) in [6.45, 7) is 0.866. The third-order valence-electron chi connectivity index (χ3n) is 4.61. The lowest BCUT2D eigenvalue weighted by Gasteiger charge is -2.23. The number of carbonyl (C=O) groups excluding carboxylic acids is 1. The molecule has 0 aliphatic carbocycles. The second-order valence-corrected chi connectivity index (χ2v) is 6.43. The van der Waals surface area contributed by atoms with E-state index in [9.17, 15) is 10.1 Å². The molecule has 1 amide bonds. The van der Waals surface area contributed by atoms with Crippen LogP contribution < -0.4 is 10.6 Å². The minimum absolute atomic E-state index is 0.0715. The van der Waals surface area contributed by atoms with Crippen LogP contribution in [0.2, 0.25) is 0 Å². The van der Waals surface area contributed by atoms with Crippen LogP contribution in [-0.2, 0) is 18.3 Å². The molecule has 0 radical (unpaired) electrons. The lowest BCUT2D eigenvalue weighted by molar-refractivity contribution is -0.124. The Morgan fingerprint density at radius 2 is 2.20 bits per heavy atom. The maximum atomic E-state index is 12.3. The minimum Gasteiger partial charge on any atom is -0.339 e. The van der Waals surface area contributed by atoms with Gasteiger partial charge in [-0.1, -0.05) is 30.7 Å². The Balaban J connectivity index is 1.61. The first-order valence-corrected chi connectivity index (χ1v) is 8.68. The number of piperidine rings is 1. The Labute approximate surface area is 147 Å². The van der Waals surface area contributed by atoms with Crippen LogP contribution in [0.3, 0.4) is 0 Å². The Kier molecular flexibility index (Phi) is 5.46. The van der Waals surface area contributed by atoms with E-state index in [0.717, 1.165) is 42.6 Å². The fourth-order valence-electron chi connectivity index (χ4n) is 3.18. The highest BCUT2D eigenvalue weighted by Crippen LogP contribution is 2.19. The van der Waals surface area contributed by atoms with Gasteiger partial charge in [0.25, 0.3) is 0 Å². The van der Waals surface area contributed by atoms with Gasteiger partial charge in [-0.05, 0) is 36.6 Å². The zero-order valence-electron chi connectivity index (χ0n) is 14.4. The first kappa shape index (κ1) is 17.2. The Hall–Kier alpha value is -2.65. The second kappa shape index (κ2) is 7.95. The third kappa shape index (κ3) is 4.25. The molecule has 3 rings (SSSR count). The van der Waals surface area contributed by atoms with Crippen molar-refractivity contribution in [2.45, 2.75) is 37.8 Å². The molecule has 1 aliphatic heterocycles. The number of carbonyl (C=O) groups is 1. The molecule has 2 heterocycles. The normalized spacial score (nSPS) is 18.3. The van der Waals surface area contributed by atoms with Gasteiger partial charge in [-0.25, -0.2) is 0 Å². The molecule has 1 fully saturated rings. The van der Waals surface area contributed by atoms with Gasteiger partial charge in [-0.2, -0.15) is 10.4 Å². The molecule has 0 bridgehead atoms.